The normalized spacial score (nSPS) is 10.0. The summed E-state index contributed by atoms with van der Waals surface area (Å²) in [4.78, 5) is 24.6. The lowest BCUT2D eigenvalue weighted by Gasteiger charge is -2.11. The summed E-state index contributed by atoms with van der Waals surface area (Å²) in [5, 5.41) is 9.15. The molecular weight excluding hydrogens is 344 g/mol. The number of amides is 1. The molecule has 2 rings (SSSR count). The van der Waals surface area contributed by atoms with Crippen LogP contribution in [-0.4, -0.2) is 29.3 Å². The Morgan fingerprint density at radius 1 is 1.24 bits per heavy atom. The van der Waals surface area contributed by atoms with Crippen molar-refractivity contribution >= 4 is 24.0 Å². The van der Waals surface area contributed by atoms with Crippen molar-refractivity contribution in [3.05, 3.63) is 51.4 Å². The van der Waals surface area contributed by atoms with Gasteiger partial charge in [0.25, 0.3) is 11.5 Å². The topological polar surface area (TPSA) is 110 Å². The van der Waals surface area contributed by atoms with Crippen LogP contribution in [0, 0.1) is 0 Å². The second kappa shape index (κ2) is 9.80. The molecule has 0 fully saturated rings. The molecular formula is C17H23ClN4O3. The van der Waals surface area contributed by atoms with Crippen molar-refractivity contribution in [1.82, 2.24) is 10.2 Å². The van der Waals surface area contributed by atoms with Crippen molar-refractivity contribution in [3.8, 4) is 5.75 Å². The molecule has 0 saturated heterocycles. The molecule has 2 aromatic rings. The highest BCUT2D eigenvalue weighted by Crippen LogP contribution is 2.17. The zero-order valence-electron chi connectivity index (χ0n) is 14.3. The summed E-state index contributed by atoms with van der Waals surface area (Å²) in [5.74, 6) is 0.226. The number of ether oxygens (including phenoxy) is 1. The number of nitrogens with two attached hydrogens (primary N) is 1. The number of anilines is 1. The van der Waals surface area contributed by atoms with Crippen LogP contribution in [0.4, 0.5) is 5.69 Å². The van der Waals surface area contributed by atoms with E-state index in [0.29, 0.717) is 43.0 Å². The van der Waals surface area contributed by atoms with Crippen molar-refractivity contribution in [2.24, 2.45) is 5.73 Å². The maximum atomic E-state index is 12.5. The lowest BCUT2D eigenvalue weighted by molar-refractivity contribution is 0.102. The van der Waals surface area contributed by atoms with Crippen molar-refractivity contribution < 1.29 is 9.53 Å². The number of aromatic nitrogens is 2. The maximum absolute atomic E-state index is 12.5. The van der Waals surface area contributed by atoms with E-state index in [0.717, 1.165) is 5.69 Å². The summed E-state index contributed by atoms with van der Waals surface area (Å²) in [5.41, 5.74) is 7.01. The molecule has 8 heteroatoms. The zero-order valence-corrected chi connectivity index (χ0v) is 15.1. The molecule has 0 atom stereocenters. The third-order valence-corrected chi connectivity index (χ3v) is 3.58. The summed E-state index contributed by atoms with van der Waals surface area (Å²) < 4.78 is 5.38. The fraction of sp³-hybridized carbons (Fsp3) is 0.353. The van der Waals surface area contributed by atoms with Crippen LogP contribution in [0.25, 0.3) is 0 Å². The number of hydrogen-bond acceptors (Lipinski definition) is 5. The number of nitrogens with one attached hydrogen (secondary N) is 2. The number of nitrogens with zero attached hydrogens (tertiary/aromatic N) is 1. The standard InChI is InChI=1S/C17H22N4O3.ClH/c1-3-13-14(4-2)20-21-17(23)15(13)16(22)19-11-5-7-12(8-6-11)24-10-9-18;/h5-8H,3-4,9-10,18H2,1-2H3,(H,19,22)(H,21,23);1H. The van der Waals surface area contributed by atoms with E-state index in [9.17, 15) is 9.59 Å². The molecule has 25 heavy (non-hydrogen) atoms. The van der Waals surface area contributed by atoms with Crippen LogP contribution in [0.2, 0.25) is 0 Å². The number of halogens is 1. The number of carbonyl (C=O) groups excluding carboxylic acids is 1. The van der Waals surface area contributed by atoms with E-state index in [1.165, 1.54) is 0 Å². The van der Waals surface area contributed by atoms with Crippen LogP contribution in [-0.2, 0) is 12.8 Å². The Morgan fingerprint density at radius 2 is 1.92 bits per heavy atom. The van der Waals surface area contributed by atoms with Gasteiger partial charge < -0.3 is 15.8 Å². The molecule has 136 valence electrons. The van der Waals surface area contributed by atoms with Gasteiger partial charge in [0.05, 0.1) is 5.69 Å². The molecule has 0 aliphatic rings. The van der Waals surface area contributed by atoms with Gasteiger partial charge in [-0.1, -0.05) is 13.8 Å². The lowest BCUT2D eigenvalue weighted by Crippen LogP contribution is -2.27. The SMILES string of the molecule is CCc1n[nH]c(=O)c(C(=O)Nc2ccc(OCCN)cc2)c1CC.Cl. The minimum absolute atomic E-state index is 0. The number of benzene rings is 1. The number of rotatable bonds is 7. The van der Waals surface area contributed by atoms with Gasteiger partial charge in [0, 0.05) is 12.2 Å². The van der Waals surface area contributed by atoms with Gasteiger partial charge in [-0.15, -0.1) is 12.4 Å². The first-order valence-corrected chi connectivity index (χ1v) is 7.95. The first-order valence-electron chi connectivity index (χ1n) is 7.95. The first-order chi connectivity index (χ1) is 11.6. The van der Waals surface area contributed by atoms with Crippen LogP contribution >= 0.6 is 12.4 Å². The maximum Gasteiger partial charge on any atom is 0.277 e. The Hall–Kier alpha value is -2.38. The average molecular weight is 367 g/mol. The molecule has 1 aromatic carbocycles. The summed E-state index contributed by atoms with van der Waals surface area (Å²) in [6.07, 6.45) is 1.21. The Labute approximate surface area is 152 Å². The van der Waals surface area contributed by atoms with E-state index in [2.05, 4.69) is 15.5 Å². The molecule has 0 aliphatic carbocycles. The monoisotopic (exact) mass is 366 g/mol. The first kappa shape index (κ1) is 20.7. The number of carbonyl (C=O) groups is 1. The summed E-state index contributed by atoms with van der Waals surface area (Å²) >= 11 is 0. The second-order valence-electron chi connectivity index (χ2n) is 5.18. The molecule has 7 nitrogen and oxygen atoms in total. The predicted molar refractivity (Wildman–Crippen MR) is 99.8 cm³/mol. The van der Waals surface area contributed by atoms with E-state index in [1.807, 2.05) is 13.8 Å². The Bertz CT molecular complexity index is 759. The second-order valence-corrected chi connectivity index (χ2v) is 5.18. The minimum Gasteiger partial charge on any atom is -0.492 e. The molecule has 4 N–H and O–H groups in total. The molecule has 0 radical (unpaired) electrons. The van der Waals surface area contributed by atoms with E-state index in [1.54, 1.807) is 24.3 Å². The Kier molecular flexibility index (Phi) is 8.10. The van der Waals surface area contributed by atoms with Crippen LogP contribution in [0.3, 0.4) is 0 Å². The third-order valence-electron chi connectivity index (χ3n) is 3.58. The van der Waals surface area contributed by atoms with Crippen LogP contribution in [0.1, 0.15) is 35.5 Å². The molecule has 0 aliphatic heterocycles. The molecule has 1 amide bonds. The molecule has 0 bridgehead atoms. The zero-order chi connectivity index (χ0) is 17.5. The largest absolute Gasteiger partial charge is 0.492 e. The van der Waals surface area contributed by atoms with Crippen LogP contribution < -0.4 is 21.3 Å². The third kappa shape index (κ3) is 5.04. The molecule has 0 spiro atoms. The molecule has 1 aromatic heterocycles. The van der Waals surface area contributed by atoms with Crippen LogP contribution in [0.15, 0.2) is 29.1 Å². The number of H-pyrrole nitrogens is 1. The van der Waals surface area contributed by atoms with E-state index in [-0.39, 0.29) is 18.0 Å². The highest BCUT2D eigenvalue weighted by Gasteiger charge is 2.19. The highest BCUT2D eigenvalue weighted by molar-refractivity contribution is 6.05. The summed E-state index contributed by atoms with van der Waals surface area (Å²) in [6.45, 7) is 4.69. The van der Waals surface area contributed by atoms with Gasteiger partial charge >= 0.3 is 0 Å². The highest BCUT2D eigenvalue weighted by atomic mass is 35.5. The van der Waals surface area contributed by atoms with Crippen molar-refractivity contribution in [2.45, 2.75) is 26.7 Å². The van der Waals surface area contributed by atoms with Gasteiger partial charge in [-0.25, -0.2) is 5.10 Å². The van der Waals surface area contributed by atoms with Gasteiger partial charge in [-0.3, -0.25) is 9.59 Å². The fourth-order valence-electron chi connectivity index (χ4n) is 2.44. The summed E-state index contributed by atoms with van der Waals surface area (Å²) in [7, 11) is 0. The van der Waals surface area contributed by atoms with Gasteiger partial charge in [0.1, 0.15) is 17.9 Å². The number of aryl methyl sites for hydroxylation is 1. The summed E-state index contributed by atoms with van der Waals surface area (Å²) in [6, 6.07) is 6.90. The smallest absolute Gasteiger partial charge is 0.277 e. The number of aromatic amines is 1. The minimum atomic E-state index is -0.482. The van der Waals surface area contributed by atoms with Crippen LogP contribution in [0.5, 0.6) is 5.75 Å². The molecule has 0 unspecified atom stereocenters. The van der Waals surface area contributed by atoms with E-state index < -0.39 is 11.5 Å². The van der Waals surface area contributed by atoms with E-state index in [4.69, 9.17) is 10.5 Å². The Morgan fingerprint density at radius 3 is 2.48 bits per heavy atom. The number of hydrogen-bond donors (Lipinski definition) is 3. The van der Waals surface area contributed by atoms with Crippen molar-refractivity contribution in [1.29, 1.82) is 0 Å². The average Bonchev–Trinajstić information content (AvgIpc) is 2.60. The van der Waals surface area contributed by atoms with E-state index >= 15 is 0 Å². The fourth-order valence-corrected chi connectivity index (χ4v) is 2.44. The Balaban J connectivity index is 0.00000312. The van der Waals surface area contributed by atoms with Gasteiger partial charge in [-0.05, 0) is 42.7 Å². The van der Waals surface area contributed by atoms with Gasteiger partial charge in [0.15, 0.2) is 0 Å². The van der Waals surface area contributed by atoms with Gasteiger partial charge in [-0.2, -0.15) is 5.10 Å². The van der Waals surface area contributed by atoms with Crippen molar-refractivity contribution in [2.75, 3.05) is 18.5 Å². The van der Waals surface area contributed by atoms with Gasteiger partial charge in [0.2, 0.25) is 0 Å². The van der Waals surface area contributed by atoms with Crippen molar-refractivity contribution in [3.63, 3.8) is 0 Å². The predicted octanol–water partition coefficient (Wildman–Crippen LogP) is 1.91. The molecule has 0 saturated carbocycles. The lowest BCUT2D eigenvalue weighted by atomic mass is 10.0. The molecule has 1 heterocycles. The quantitative estimate of drug-likeness (QED) is 0.693.